The molecular weight excluding hydrogens is 420 g/mol. The molecule has 3 aliphatic rings. The minimum Gasteiger partial charge on any atom is -0.503 e. The molecule has 0 unspecified atom stereocenters. The molecule has 1 heterocycles. The number of phenolic OH excluding ortho intramolecular Hbond substituents is 1. The number of nitrogens with zero attached hydrogens (tertiary/aromatic N) is 2. The Labute approximate surface area is 187 Å². The van der Waals surface area contributed by atoms with Gasteiger partial charge in [0.2, 0.25) is 0 Å². The van der Waals surface area contributed by atoms with E-state index in [9.17, 15) is 9.90 Å². The van der Waals surface area contributed by atoms with Crippen LogP contribution in [-0.2, 0) is 4.79 Å². The Bertz CT molecular complexity index is 858. The van der Waals surface area contributed by atoms with Crippen LogP contribution in [0.2, 0.25) is 5.02 Å². The van der Waals surface area contributed by atoms with E-state index in [1.165, 1.54) is 57.4 Å². The van der Waals surface area contributed by atoms with Gasteiger partial charge >= 0.3 is 0 Å². The van der Waals surface area contributed by atoms with Crippen LogP contribution in [0.3, 0.4) is 0 Å². The maximum absolute atomic E-state index is 13.4. The average Bonchev–Trinajstić information content (AvgIpc) is 3.06. The number of aromatic hydroxyl groups is 1. The van der Waals surface area contributed by atoms with E-state index in [2.05, 4.69) is 0 Å². The molecule has 1 aliphatic heterocycles. The van der Waals surface area contributed by atoms with Crippen molar-refractivity contribution in [3.05, 3.63) is 27.6 Å². The van der Waals surface area contributed by atoms with Gasteiger partial charge in [0.1, 0.15) is 0 Å². The highest BCUT2D eigenvalue weighted by Gasteiger charge is 2.39. The Morgan fingerprint density at radius 1 is 1.13 bits per heavy atom. The Hall–Kier alpha value is -1.66. The SMILES string of the molecule is COc1cc(C=C2SC(=NC3CCCCC3)N(C3CCCCC3)C2=O)cc(Cl)c1O. The van der Waals surface area contributed by atoms with Crippen molar-refractivity contribution >= 4 is 40.5 Å². The number of thioether (sulfide) groups is 1. The van der Waals surface area contributed by atoms with E-state index in [0.717, 1.165) is 36.4 Å². The van der Waals surface area contributed by atoms with Crippen LogP contribution in [0.25, 0.3) is 6.08 Å². The van der Waals surface area contributed by atoms with Gasteiger partial charge in [-0.25, -0.2) is 0 Å². The lowest BCUT2D eigenvalue weighted by Gasteiger charge is -2.31. The molecular formula is C23H29ClN2O3S. The van der Waals surface area contributed by atoms with Crippen molar-refractivity contribution < 1.29 is 14.6 Å². The number of halogens is 1. The normalized spacial score (nSPS) is 24.2. The fourth-order valence-corrected chi connectivity index (χ4v) is 5.92. The van der Waals surface area contributed by atoms with Gasteiger partial charge in [-0.1, -0.05) is 50.1 Å². The van der Waals surface area contributed by atoms with Gasteiger partial charge in [0.25, 0.3) is 5.91 Å². The average molecular weight is 449 g/mol. The molecule has 30 heavy (non-hydrogen) atoms. The van der Waals surface area contributed by atoms with Crippen LogP contribution in [-0.4, -0.2) is 40.3 Å². The summed E-state index contributed by atoms with van der Waals surface area (Å²) >= 11 is 7.62. The third-order valence-electron chi connectivity index (χ3n) is 6.21. The van der Waals surface area contributed by atoms with E-state index in [1.54, 1.807) is 12.1 Å². The van der Waals surface area contributed by atoms with Gasteiger partial charge in [0.05, 0.1) is 23.1 Å². The predicted molar refractivity (Wildman–Crippen MR) is 123 cm³/mol. The third-order valence-corrected chi connectivity index (χ3v) is 7.50. The Kier molecular flexibility index (Phi) is 6.94. The van der Waals surface area contributed by atoms with Crippen molar-refractivity contribution in [1.82, 2.24) is 4.90 Å². The van der Waals surface area contributed by atoms with Crippen LogP contribution in [0.4, 0.5) is 0 Å². The maximum Gasteiger partial charge on any atom is 0.266 e. The standard InChI is InChI=1S/C23H29ClN2O3S/c1-29-19-13-15(12-18(24)21(19)27)14-20-22(28)26(17-10-6-3-7-11-17)23(30-20)25-16-8-4-2-5-9-16/h12-14,16-17,27H,2-11H2,1H3. The Morgan fingerprint density at radius 3 is 2.47 bits per heavy atom. The molecule has 7 heteroatoms. The first-order valence-electron chi connectivity index (χ1n) is 10.9. The molecule has 1 saturated heterocycles. The summed E-state index contributed by atoms with van der Waals surface area (Å²) < 4.78 is 5.21. The zero-order valence-electron chi connectivity index (χ0n) is 17.4. The summed E-state index contributed by atoms with van der Waals surface area (Å²) in [6.45, 7) is 0. The highest BCUT2D eigenvalue weighted by Crippen LogP contribution is 2.40. The van der Waals surface area contributed by atoms with E-state index >= 15 is 0 Å². The van der Waals surface area contributed by atoms with Gasteiger partial charge in [0, 0.05) is 6.04 Å². The molecule has 3 fully saturated rings. The highest BCUT2D eigenvalue weighted by atomic mass is 35.5. The first-order valence-corrected chi connectivity index (χ1v) is 12.1. The molecule has 0 spiro atoms. The van der Waals surface area contributed by atoms with Crippen molar-refractivity contribution in [2.75, 3.05) is 7.11 Å². The summed E-state index contributed by atoms with van der Waals surface area (Å²) in [7, 11) is 1.48. The Balaban J connectivity index is 1.66. The zero-order valence-corrected chi connectivity index (χ0v) is 19.0. The monoisotopic (exact) mass is 448 g/mol. The van der Waals surface area contributed by atoms with E-state index < -0.39 is 0 Å². The van der Waals surface area contributed by atoms with Gasteiger partial charge in [0.15, 0.2) is 16.7 Å². The number of rotatable bonds is 4. The molecule has 1 amide bonds. The number of ether oxygens (including phenoxy) is 1. The molecule has 1 aromatic carbocycles. The van der Waals surface area contributed by atoms with Crippen LogP contribution in [0, 0.1) is 0 Å². The summed E-state index contributed by atoms with van der Waals surface area (Å²) in [5.41, 5.74) is 0.730. The molecule has 5 nitrogen and oxygen atoms in total. The number of carbonyl (C=O) groups is 1. The van der Waals surface area contributed by atoms with Crippen LogP contribution < -0.4 is 4.74 Å². The summed E-state index contributed by atoms with van der Waals surface area (Å²) in [6.07, 6.45) is 13.4. The lowest BCUT2D eigenvalue weighted by Crippen LogP contribution is -2.41. The number of amidine groups is 1. The number of aliphatic imine (C=N–C) groups is 1. The van der Waals surface area contributed by atoms with Crippen molar-refractivity contribution in [3.8, 4) is 11.5 Å². The second kappa shape index (κ2) is 9.65. The molecule has 0 bridgehead atoms. The Morgan fingerprint density at radius 2 is 1.80 bits per heavy atom. The predicted octanol–water partition coefficient (Wildman–Crippen LogP) is 5.99. The van der Waals surface area contributed by atoms with Crippen LogP contribution in [0.5, 0.6) is 11.5 Å². The second-order valence-electron chi connectivity index (χ2n) is 8.33. The van der Waals surface area contributed by atoms with Crippen molar-refractivity contribution in [3.63, 3.8) is 0 Å². The quantitative estimate of drug-likeness (QED) is 0.574. The number of benzene rings is 1. The molecule has 1 N–H and O–H groups in total. The molecule has 0 atom stereocenters. The van der Waals surface area contributed by atoms with E-state index in [4.69, 9.17) is 21.3 Å². The first kappa shape index (κ1) is 21.6. The summed E-state index contributed by atoms with van der Waals surface area (Å²) in [5, 5.41) is 11.1. The highest BCUT2D eigenvalue weighted by molar-refractivity contribution is 8.18. The zero-order chi connectivity index (χ0) is 21.1. The first-order chi connectivity index (χ1) is 14.6. The number of hydrogen-bond acceptors (Lipinski definition) is 5. The molecule has 1 aromatic rings. The third kappa shape index (κ3) is 4.65. The molecule has 162 valence electrons. The molecule has 2 saturated carbocycles. The topological polar surface area (TPSA) is 62.1 Å². The number of phenols is 1. The second-order valence-corrected chi connectivity index (χ2v) is 9.75. The molecule has 0 radical (unpaired) electrons. The summed E-state index contributed by atoms with van der Waals surface area (Å²) in [5.74, 6) is 0.241. The maximum atomic E-state index is 13.4. The van der Waals surface area contributed by atoms with Crippen molar-refractivity contribution in [1.29, 1.82) is 0 Å². The number of carbonyl (C=O) groups excluding carboxylic acids is 1. The van der Waals surface area contributed by atoms with Crippen LogP contribution in [0.15, 0.2) is 22.0 Å². The van der Waals surface area contributed by atoms with Crippen LogP contribution in [0.1, 0.15) is 69.8 Å². The number of amides is 1. The van der Waals surface area contributed by atoms with Crippen molar-refractivity contribution in [2.45, 2.75) is 76.3 Å². The number of hydrogen-bond donors (Lipinski definition) is 1. The van der Waals surface area contributed by atoms with E-state index in [1.807, 2.05) is 11.0 Å². The molecule has 4 rings (SSSR count). The van der Waals surface area contributed by atoms with Gasteiger partial charge in [-0.3, -0.25) is 14.7 Å². The van der Waals surface area contributed by atoms with Gasteiger partial charge in [-0.15, -0.1) is 0 Å². The lowest BCUT2D eigenvalue weighted by molar-refractivity contribution is -0.124. The lowest BCUT2D eigenvalue weighted by atomic mass is 9.94. The molecule has 2 aliphatic carbocycles. The van der Waals surface area contributed by atoms with Gasteiger partial charge in [-0.05, 0) is 61.2 Å². The van der Waals surface area contributed by atoms with E-state index in [0.29, 0.717) is 16.7 Å². The minimum absolute atomic E-state index is 0.0321. The van der Waals surface area contributed by atoms with Crippen molar-refractivity contribution in [2.24, 2.45) is 4.99 Å². The summed E-state index contributed by atoms with van der Waals surface area (Å²) in [6, 6.07) is 3.91. The fourth-order valence-electron chi connectivity index (χ4n) is 4.59. The summed E-state index contributed by atoms with van der Waals surface area (Å²) in [4.78, 5) is 21.1. The van der Waals surface area contributed by atoms with E-state index in [-0.39, 0.29) is 22.7 Å². The minimum atomic E-state index is -0.0879. The van der Waals surface area contributed by atoms with Gasteiger partial charge in [-0.2, -0.15) is 0 Å². The van der Waals surface area contributed by atoms with Gasteiger partial charge < -0.3 is 9.84 Å². The molecule has 0 aromatic heterocycles. The largest absolute Gasteiger partial charge is 0.503 e. The fraction of sp³-hybridized carbons (Fsp3) is 0.565. The number of methoxy groups -OCH3 is 1. The van der Waals surface area contributed by atoms with Crippen LogP contribution >= 0.6 is 23.4 Å². The smallest absolute Gasteiger partial charge is 0.266 e.